The lowest BCUT2D eigenvalue weighted by Crippen LogP contribution is -2.49. The molecule has 2 aromatic carbocycles. The van der Waals surface area contributed by atoms with E-state index in [1.54, 1.807) is 0 Å². The number of carbonyl (C=O) groups is 1. The number of rotatable bonds is 4. The van der Waals surface area contributed by atoms with Gasteiger partial charge >= 0.3 is 5.97 Å². The van der Waals surface area contributed by atoms with Crippen LogP contribution in [-0.2, 0) is 9.53 Å². The van der Waals surface area contributed by atoms with Crippen LogP contribution in [0.5, 0.6) is 0 Å². The average Bonchev–Trinajstić information content (AvgIpc) is 2.95. The molecule has 27 heavy (non-hydrogen) atoms. The summed E-state index contributed by atoms with van der Waals surface area (Å²) >= 11 is 0. The number of methoxy groups -OCH3 is 1. The topological polar surface area (TPSA) is 29.5 Å². The van der Waals surface area contributed by atoms with E-state index in [2.05, 4.69) is 60.5 Å². The number of ether oxygens (including phenoxy) is 1. The molecule has 2 aliphatic rings. The number of nitrogens with zero attached hydrogens (tertiary/aromatic N) is 1. The first-order chi connectivity index (χ1) is 13.2. The Bertz CT molecular complexity index is 812. The van der Waals surface area contributed by atoms with Crippen LogP contribution in [0.4, 0.5) is 0 Å². The van der Waals surface area contributed by atoms with Gasteiger partial charge in [0.25, 0.3) is 0 Å². The van der Waals surface area contributed by atoms with Gasteiger partial charge in [0, 0.05) is 18.0 Å². The summed E-state index contributed by atoms with van der Waals surface area (Å²) < 4.78 is 5.17. The van der Waals surface area contributed by atoms with Crippen LogP contribution in [0, 0.1) is 5.92 Å². The van der Waals surface area contributed by atoms with E-state index in [4.69, 9.17) is 4.74 Å². The highest BCUT2D eigenvalue weighted by Gasteiger charge is 2.49. The van der Waals surface area contributed by atoms with Gasteiger partial charge in [0.05, 0.1) is 13.0 Å². The van der Waals surface area contributed by atoms with Gasteiger partial charge in [0.15, 0.2) is 0 Å². The summed E-state index contributed by atoms with van der Waals surface area (Å²) in [7, 11) is 3.67. The Morgan fingerprint density at radius 3 is 2.33 bits per heavy atom. The van der Waals surface area contributed by atoms with Gasteiger partial charge in [0.2, 0.25) is 0 Å². The van der Waals surface area contributed by atoms with Crippen LogP contribution in [0.15, 0.2) is 54.6 Å². The van der Waals surface area contributed by atoms with E-state index in [0.29, 0.717) is 12.1 Å². The van der Waals surface area contributed by atoms with E-state index in [1.165, 1.54) is 30.2 Å². The first kappa shape index (κ1) is 18.0. The van der Waals surface area contributed by atoms with Crippen molar-refractivity contribution in [2.45, 2.75) is 37.3 Å². The van der Waals surface area contributed by atoms with Gasteiger partial charge in [-0.3, -0.25) is 9.69 Å². The number of carbonyl (C=O) groups excluding carboxylic acids is 1. The van der Waals surface area contributed by atoms with Gasteiger partial charge in [-0.25, -0.2) is 0 Å². The van der Waals surface area contributed by atoms with Crippen molar-refractivity contribution in [3.05, 3.63) is 71.3 Å². The highest BCUT2D eigenvalue weighted by Crippen LogP contribution is 2.46. The van der Waals surface area contributed by atoms with E-state index in [0.717, 1.165) is 12.8 Å². The van der Waals surface area contributed by atoms with Gasteiger partial charge in [-0.05, 0) is 43.0 Å². The van der Waals surface area contributed by atoms with Crippen LogP contribution in [0.25, 0.3) is 12.2 Å². The van der Waals surface area contributed by atoms with Gasteiger partial charge in [-0.2, -0.15) is 0 Å². The molecular weight excluding hydrogens is 334 g/mol. The molecule has 4 atom stereocenters. The Morgan fingerprint density at radius 1 is 1.00 bits per heavy atom. The molecule has 2 unspecified atom stereocenters. The van der Waals surface area contributed by atoms with Crippen molar-refractivity contribution in [3.8, 4) is 0 Å². The fraction of sp³-hybridized carbons (Fsp3) is 0.375. The maximum absolute atomic E-state index is 12.6. The molecule has 2 saturated heterocycles. The zero-order valence-corrected chi connectivity index (χ0v) is 16.0. The highest BCUT2D eigenvalue weighted by molar-refractivity contribution is 5.75. The molecule has 2 heterocycles. The number of benzene rings is 2. The molecule has 2 aliphatic heterocycles. The van der Waals surface area contributed by atoms with E-state index in [-0.39, 0.29) is 17.8 Å². The second-order valence-electron chi connectivity index (χ2n) is 7.77. The lowest BCUT2D eigenvalue weighted by Gasteiger charge is -2.41. The largest absolute Gasteiger partial charge is 0.469 e. The molecule has 0 aromatic heterocycles. The Hall–Kier alpha value is -2.39. The van der Waals surface area contributed by atoms with Gasteiger partial charge in [0.1, 0.15) is 0 Å². The Balaban J connectivity index is 1.55. The Labute approximate surface area is 161 Å². The Kier molecular flexibility index (Phi) is 5.13. The standard InChI is InChI=1S/C24H27NO2/c1-25-20-14-15-22(25)23(24(26)27-2)21(16-20)19-12-10-18(11-13-19)9-8-17-6-4-3-5-7-17/h3-13,20-23H,14-16H2,1-2H3/b9-8-/t20-,21-,22?,23?/m1/s1. The second-order valence-corrected chi connectivity index (χ2v) is 7.77. The van der Waals surface area contributed by atoms with Crippen molar-refractivity contribution < 1.29 is 9.53 Å². The van der Waals surface area contributed by atoms with Crippen LogP contribution in [0.1, 0.15) is 41.9 Å². The average molecular weight is 361 g/mol. The smallest absolute Gasteiger partial charge is 0.310 e. The van der Waals surface area contributed by atoms with Crippen molar-refractivity contribution in [1.82, 2.24) is 4.90 Å². The first-order valence-corrected chi connectivity index (χ1v) is 9.80. The number of hydrogen-bond donors (Lipinski definition) is 0. The Morgan fingerprint density at radius 2 is 1.67 bits per heavy atom. The lowest BCUT2D eigenvalue weighted by molar-refractivity contribution is -0.150. The van der Waals surface area contributed by atoms with Crippen LogP contribution in [-0.4, -0.2) is 37.1 Å². The maximum atomic E-state index is 12.6. The molecule has 2 aromatic rings. The molecule has 3 heteroatoms. The predicted octanol–water partition coefficient (Wildman–Crippen LogP) is 4.60. The minimum Gasteiger partial charge on any atom is -0.469 e. The lowest BCUT2D eigenvalue weighted by atomic mass is 9.76. The third-order valence-electron chi connectivity index (χ3n) is 6.37. The van der Waals surface area contributed by atoms with Gasteiger partial charge < -0.3 is 4.74 Å². The summed E-state index contributed by atoms with van der Waals surface area (Å²) in [5.74, 6) is 0.119. The molecule has 140 valence electrons. The predicted molar refractivity (Wildman–Crippen MR) is 109 cm³/mol. The van der Waals surface area contributed by atoms with E-state index >= 15 is 0 Å². The first-order valence-electron chi connectivity index (χ1n) is 9.80. The molecule has 3 nitrogen and oxygen atoms in total. The van der Waals surface area contributed by atoms with Crippen LogP contribution in [0.2, 0.25) is 0 Å². The molecule has 2 fully saturated rings. The van der Waals surface area contributed by atoms with Crippen molar-refractivity contribution in [2.75, 3.05) is 14.2 Å². The highest BCUT2D eigenvalue weighted by atomic mass is 16.5. The fourth-order valence-corrected chi connectivity index (χ4v) is 4.88. The molecule has 0 N–H and O–H groups in total. The normalized spacial score (nSPS) is 27.8. The summed E-state index contributed by atoms with van der Waals surface area (Å²) in [6.07, 6.45) is 7.57. The fourth-order valence-electron chi connectivity index (χ4n) is 4.88. The van der Waals surface area contributed by atoms with Crippen molar-refractivity contribution in [1.29, 1.82) is 0 Å². The third kappa shape index (κ3) is 3.57. The van der Waals surface area contributed by atoms with Crippen molar-refractivity contribution in [2.24, 2.45) is 5.92 Å². The van der Waals surface area contributed by atoms with E-state index in [1.807, 2.05) is 18.2 Å². The van der Waals surface area contributed by atoms with Gasteiger partial charge in [-0.15, -0.1) is 0 Å². The third-order valence-corrected chi connectivity index (χ3v) is 6.37. The van der Waals surface area contributed by atoms with Crippen LogP contribution < -0.4 is 0 Å². The maximum Gasteiger partial charge on any atom is 0.310 e. The molecule has 4 rings (SSSR count). The molecule has 0 radical (unpaired) electrons. The second kappa shape index (κ2) is 7.69. The minimum atomic E-state index is -0.0653. The molecule has 0 amide bonds. The number of esters is 1. The molecular formula is C24H27NO2. The van der Waals surface area contributed by atoms with E-state index < -0.39 is 0 Å². The SMILES string of the molecule is COC(=O)C1C2CC[C@H](C[C@@H]1c1ccc(/C=C\c3ccccc3)cc1)N2C. The molecule has 0 saturated carbocycles. The van der Waals surface area contributed by atoms with E-state index in [9.17, 15) is 4.79 Å². The number of piperidine rings is 1. The number of hydrogen-bond acceptors (Lipinski definition) is 3. The van der Waals surface area contributed by atoms with Crippen molar-refractivity contribution >= 4 is 18.1 Å². The molecule has 0 aliphatic carbocycles. The minimum absolute atomic E-state index is 0.0646. The molecule has 2 bridgehead atoms. The quantitative estimate of drug-likeness (QED) is 0.589. The van der Waals surface area contributed by atoms with Gasteiger partial charge in [-0.1, -0.05) is 66.7 Å². The van der Waals surface area contributed by atoms with Crippen LogP contribution in [0.3, 0.4) is 0 Å². The van der Waals surface area contributed by atoms with Crippen LogP contribution >= 0.6 is 0 Å². The summed E-state index contributed by atoms with van der Waals surface area (Å²) in [6.45, 7) is 0. The van der Waals surface area contributed by atoms with Crippen molar-refractivity contribution in [3.63, 3.8) is 0 Å². The zero-order valence-electron chi connectivity index (χ0n) is 16.0. The summed E-state index contributed by atoms with van der Waals surface area (Å²) in [5.41, 5.74) is 3.62. The summed E-state index contributed by atoms with van der Waals surface area (Å²) in [5, 5.41) is 0. The summed E-state index contributed by atoms with van der Waals surface area (Å²) in [6, 6.07) is 19.9. The monoisotopic (exact) mass is 361 g/mol. The summed E-state index contributed by atoms with van der Waals surface area (Å²) in [4.78, 5) is 14.9. The molecule has 0 spiro atoms. The zero-order chi connectivity index (χ0) is 18.8. The number of fused-ring (bicyclic) bond motifs is 2.